The van der Waals surface area contributed by atoms with Crippen LogP contribution in [0.25, 0.3) is 0 Å². The highest BCUT2D eigenvalue weighted by molar-refractivity contribution is 5.36. The number of hydrogen-bond donors (Lipinski definition) is 0. The van der Waals surface area contributed by atoms with Gasteiger partial charge in [0, 0.05) is 5.41 Å². The standard InChI is InChI=1S/C11H10FN/c1-11(6-9(11)7-13)8-3-2-4-10(12)5-8/h2-5,9H,6H2,1H3. The van der Waals surface area contributed by atoms with Gasteiger partial charge in [0.2, 0.25) is 0 Å². The predicted octanol–water partition coefficient (Wildman–Crippen LogP) is 2.63. The lowest BCUT2D eigenvalue weighted by molar-refractivity contribution is 0.618. The predicted molar refractivity (Wildman–Crippen MR) is 47.5 cm³/mol. The second-order valence-corrected chi connectivity index (χ2v) is 3.81. The van der Waals surface area contributed by atoms with E-state index in [1.807, 2.05) is 13.0 Å². The van der Waals surface area contributed by atoms with Gasteiger partial charge >= 0.3 is 0 Å². The van der Waals surface area contributed by atoms with Gasteiger partial charge in [-0.05, 0) is 24.1 Å². The summed E-state index contributed by atoms with van der Waals surface area (Å²) in [4.78, 5) is 0. The minimum atomic E-state index is -0.220. The van der Waals surface area contributed by atoms with Gasteiger partial charge in [-0.15, -0.1) is 0 Å². The first-order valence-corrected chi connectivity index (χ1v) is 4.32. The van der Waals surface area contributed by atoms with Crippen LogP contribution >= 0.6 is 0 Å². The number of rotatable bonds is 1. The Morgan fingerprint density at radius 1 is 1.62 bits per heavy atom. The average molecular weight is 175 g/mol. The van der Waals surface area contributed by atoms with Gasteiger partial charge in [0.15, 0.2) is 0 Å². The lowest BCUT2D eigenvalue weighted by Gasteiger charge is -2.08. The second kappa shape index (κ2) is 2.56. The fourth-order valence-electron chi connectivity index (χ4n) is 1.72. The van der Waals surface area contributed by atoms with Gasteiger partial charge in [0.1, 0.15) is 5.82 Å². The largest absolute Gasteiger partial charge is 0.207 e. The first-order valence-electron chi connectivity index (χ1n) is 4.32. The van der Waals surface area contributed by atoms with E-state index in [2.05, 4.69) is 6.07 Å². The zero-order valence-electron chi connectivity index (χ0n) is 7.42. The third kappa shape index (κ3) is 1.21. The van der Waals surface area contributed by atoms with E-state index < -0.39 is 0 Å². The first-order chi connectivity index (χ1) is 6.16. The van der Waals surface area contributed by atoms with E-state index in [0.717, 1.165) is 12.0 Å². The summed E-state index contributed by atoms with van der Waals surface area (Å²) >= 11 is 0. The summed E-state index contributed by atoms with van der Waals surface area (Å²) in [5.74, 6) is -0.156. The van der Waals surface area contributed by atoms with E-state index in [4.69, 9.17) is 5.26 Å². The van der Waals surface area contributed by atoms with Crippen LogP contribution in [0.15, 0.2) is 24.3 Å². The van der Waals surface area contributed by atoms with Crippen LogP contribution in [0.5, 0.6) is 0 Å². The van der Waals surface area contributed by atoms with Crippen LogP contribution in [0.3, 0.4) is 0 Å². The van der Waals surface area contributed by atoms with Crippen LogP contribution in [-0.4, -0.2) is 0 Å². The Balaban J connectivity index is 2.34. The van der Waals surface area contributed by atoms with Crippen molar-refractivity contribution in [2.45, 2.75) is 18.8 Å². The van der Waals surface area contributed by atoms with Crippen molar-refractivity contribution in [2.24, 2.45) is 5.92 Å². The summed E-state index contributed by atoms with van der Waals surface area (Å²) < 4.78 is 12.9. The molecule has 1 nitrogen and oxygen atoms in total. The van der Waals surface area contributed by atoms with Crippen molar-refractivity contribution in [1.29, 1.82) is 5.26 Å². The summed E-state index contributed by atoms with van der Waals surface area (Å²) in [6.45, 7) is 2.01. The lowest BCUT2D eigenvalue weighted by Crippen LogP contribution is -2.03. The molecule has 1 aromatic rings. The second-order valence-electron chi connectivity index (χ2n) is 3.81. The number of nitrogens with zero attached hydrogens (tertiary/aromatic N) is 1. The smallest absolute Gasteiger partial charge is 0.123 e. The van der Waals surface area contributed by atoms with E-state index in [1.165, 1.54) is 12.1 Å². The molecule has 2 unspecified atom stereocenters. The highest BCUT2D eigenvalue weighted by atomic mass is 19.1. The third-order valence-electron chi connectivity index (χ3n) is 2.88. The molecule has 0 amide bonds. The molecule has 66 valence electrons. The molecule has 1 saturated carbocycles. The Kier molecular flexibility index (Phi) is 1.63. The fourth-order valence-corrected chi connectivity index (χ4v) is 1.72. The van der Waals surface area contributed by atoms with Crippen molar-refractivity contribution < 1.29 is 4.39 Å². The van der Waals surface area contributed by atoms with Crippen LogP contribution in [0, 0.1) is 23.1 Å². The molecule has 0 aromatic heterocycles. The van der Waals surface area contributed by atoms with E-state index in [9.17, 15) is 4.39 Å². The van der Waals surface area contributed by atoms with E-state index in [1.54, 1.807) is 6.07 Å². The fraction of sp³-hybridized carbons (Fsp3) is 0.364. The molecule has 0 bridgehead atoms. The quantitative estimate of drug-likeness (QED) is 0.643. The number of halogens is 1. The lowest BCUT2D eigenvalue weighted by atomic mass is 9.96. The molecule has 1 aromatic carbocycles. The van der Waals surface area contributed by atoms with Crippen molar-refractivity contribution in [3.05, 3.63) is 35.6 Å². The van der Waals surface area contributed by atoms with Gasteiger partial charge in [0.25, 0.3) is 0 Å². The summed E-state index contributed by atoms with van der Waals surface area (Å²) in [6.07, 6.45) is 0.854. The summed E-state index contributed by atoms with van der Waals surface area (Å²) in [5.41, 5.74) is 0.843. The molecule has 0 spiro atoms. The Labute approximate surface area is 76.8 Å². The zero-order valence-corrected chi connectivity index (χ0v) is 7.42. The Morgan fingerprint density at radius 3 is 2.92 bits per heavy atom. The molecule has 1 fully saturated rings. The molecule has 1 aliphatic carbocycles. The molecular weight excluding hydrogens is 165 g/mol. The average Bonchev–Trinajstić information content (AvgIpc) is 2.79. The van der Waals surface area contributed by atoms with Crippen LogP contribution in [0.4, 0.5) is 4.39 Å². The van der Waals surface area contributed by atoms with Crippen molar-refractivity contribution >= 4 is 0 Å². The normalized spacial score (nSPS) is 31.0. The molecule has 2 rings (SSSR count). The summed E-state index contributed by atoms with van der Waals surface area (Å²) in [7, 11) is 0. The van der Waals surface area contributed by atoms with E-state index >= 15 is 0 Å². The topological polar surface area (TPSA) is 23.8 Å². The Morgan fingerprint density at radius 2 is 2.38 bits per heavy atom. The van der Waals surface area contributed by atoms with Gasteiger partial charge in [-0.2, -0.15) is 5.26 Å². The van der Waals surface area contributed by atoms with Crippen LogP contribution < -0.4 is 0 Å². The molecule has 1 aliphatic rings. The zero-order chi connectivity index (χ0) is 9.47. The minimum Gasteiger partial charge on any atom is -0.207 e. The van der Waals surface area contributed by atoms with Gasteiger partial charge in [-0.25, -0.2) is 4.39 Å². The van der Waals surface area contributed by atoms with Gasteiger partial charge in [0.05, 0.1) is 12.0 Å². The van der Waals surface area contributed by atoms with Gasteiger partial charge in [-0.3, -0.25) is 0 Å². The number of hydrogen-bond acceptors (Lipinski definition) is 1. The third-order valence-corrected chi connectivity index (χ3v) is 2.88. The highest BCUT2D eigenvalue weighted by Gasteiger charge is 2.51. The molecule has 0 radical (unpaired) electrons. The molecule has 0 saturated heterocycles. The van der Waals surface area contributed by atoms with E-state index in [-0.39, 0.29) is 17.2 Å². The maximum atomic E-state index is 12.9. The van der Waals surface area contributed by atoms with Crippen LogP contribution in [0.2, 0.25) is 0 Å². The number of nitriles is 1. The molecular formula is C11H10FN. The summed E-state index contributed by atoms with van der Waals surface area (Å²) in [6, 6.07) is 8.76. The Bertz CT molecular complexity index is 380. The highest BCUT2D eigenvalue weighted by Crippen LogP contribution is 2.53. The van der Waals surface area contributed by atoms with Gasteiger partial charge in [-0.1, -0.05) is 19.1 Å². The van der Waals surface area contributed by atoms with Crippen LogP contribution in [0.1, 0.15) is 18.9 Å². The van der Waals surface area contributed by atoms with Crippen molar-refractivity contribution in [1.82, 2.24) is 0 Å². The van der Waals surface area contributed by atoms with Crippen LogP contribution in [-0.2, 0) is 5.41 Å². The van der Waals surface area contributed by atoms with Crippen molar-refractivity contribution in [3.63, 3.8) is 0 Å². The Hall–Kier alpha value is -1.36. The van der Waals surface area contributed by atoms with Crippen molar-refractivity contribution in [3.8, 4) is 6.07 Å². The van der Waals surface area contributed by atoms with E-state index in [0.29, 0.717) is 0 Å². The SMILES string of the molecule is CC1(c2cccc(F)c2)CC1C#N. The minimum absolute atomic E-state index is 0.0642. The molecule has 13 heavy (non-hydrogen) atoms. The molecule has 2 atom stereocenters. The van der Waals surface area contributed by atoms with Crippen molar-refractivity contribution in [2.75, 3.05) is 0 Å². The molecule has 0 heterocycles. The van der Waals surface area contributed by atoms with Gasteiger partial charge < -0.3 is 0 Å². The maximum Gasteiger partial charge on any atom is 0.123 e. The summed E-state index contributed by atoms with van der Waals surface area (Å²) in [5, 5.41) is 8.73. The molecule has 2 heteroatoms. The molecule has 0 aliphatic heterocycles. The maximum absolute atomic E-state index is 12.9. The first kappa shape index (κ1) is 8.25. The monoisotopic (exact) mass is 175 g/mol. The number of benzene rings is 1. The molecule has 0 N–H and O–H groups in total.